The summed E-state index contributed by atoms with van der Waals surface area (Å²) >= 11 is 6.27. The van der Waals surface area contributed by atoms with E-state index in [2.05, 4.69) is 25.3 Å². The summed E-state index contributed by atoms with van der Waals surface area (Å²) in [7, 11) is 1.96. The molecule has 0 atom stereocenters. The molecule has 0 radical (unpaired) electrons. The zero-order valence-electron chi connectivity index (χ0n) is 20.0. The van der Waals surface area contributed by atoms with Gasteiger partial charge in [-0.1, -0.05) is 35.9 Å². The third-order valence-corrected chi connectivity index (χ3v) is 6.54. The van der Waals surface area contributed by atoms with Crippen molar-refractivity contribution in [2.24, 2.45) is 0 Å². The normalized spacial score (nSPS) is 14.6. The summed E-state index contributed by atoms with van der Waals surface area (Å²) in [4.78, 5) is 37.6. The number of rotatable bonds is 4. The Kier molecular flexibility index (Phi) is 6.76. The van der Waals surface area contributed by atoms with E-state index in [1.165, 1.54) is 24.7 Å². The SMILES string of the molecule is CN1CCN(C(=O)c2ncc(NC(=O)c3cnn(-c4cncc5ccccc45)c3C(F)(F)F)cc2Cl)CC1. The van der Waals surface area contributed by atoms with Gasteiger partial charge in [0.1, 0.15) is 5.69 Å². The van der Waals surface area contributed by atoms with Gasteiger partial charge in [-0.2, -0.15) is 18.3 Å². The van der Waals surface area contributed by atoms with Crippen molar-refractivity contribution in [3.8, 4) is 5.69 Å². The Morgan fingerprint density at radius 1 is 1.03 bits per heavy atom. The maximum atomic E-state index is 14.2. The number of nitrogens with zero attached hydrogens (tertiary/aromatic N) is 6. The Morgan fingerprint density at radius 3 is 2.47 bits per heavy atom. The minimum atomic E-state index is -4.91. The summed E-state index contributed by atoms with van der Waals surface area (Å²) in [5.41, 5.74) is -1.84. The van der Waals surface area contributed by atoms with Crippen molar-refractivity contribution < 1.29 is 22.8 Å². The van der Waals surface area contributed by atoms with Crippen LogP contribution in [0.25, 0.3) is 16.5 Å². The van der Waals surface area contributed by atoms with E-state index < -0.39 is 23.3 Å². The number of hydrogen-bond donors (Lipinski definition) is 1. The second-order valence-corrected chi connectivity index (χ2v) is 9.21. The van der Waals surface area contributed by atoms with Crippen LogP contribution in [-0.4, -0.2) is 74.6 Å². The van der Waals surface area contributed by atoms with Crippen molar-refractivity contribution >= 4 is 39.9 Å². The molecule has 0 bridgehead atoms. The van der Waals surface area contributed by atoms with Gasteiger partial charge in [0.2, 0.25) is 0 Å². The van der Waals surface area contributed by atoms with E-state index in [9.17, 15) is 22.8 Å². The average molecular weight is 544 g/mol. The van der Waals surface area contributed by atoms with Crippen molar-refractivity contribution in [2.75, 3.05) is 38.5 Å². The highest BCUT2D eigenvalue weighted by Crippen LogP contribution is 2.35. The van der Waals surface area contributed by atoms with Crippen LogP contribution in [0.15, 0.2) is 55.1 Å². The Hall–Kier alpha value is -4.03. The molecule has 0 spiro atoms. The largest absolute Gasteiger partial charge is 0.434 e. The third-order valence-electron chi connectivity index (χ3n) is 6.25. The maximum absolute atomic E-state index is 14.2. The Bertz CT molecular complexity index is 1530. The molecule has 9 nitrogen and oxygen atoms in total. The highest BCUT2D eigenvalue weighted by Gasteiger charge is 2.41. The molecule has 4 heterocycles. The lowest BCUT2D eigenvalue weighted by Crippen LogP contribution is -2.47. The zero-order valence-corrected chi connectivity index (χ0v) is 20.8. The topological polar surface area (TPSA) is 96.2 Å². The van der Waals surface area contributed by atoms with Gasteiger partial charge in [0, 0.05) is 43.1 Å². The molecule has 38 heavy (non-hydrogen) atoms. The van der Waals surface area contributed by atoms with Crippen molar-refractivity contribution in [3.63, 3.8) is 0 Å². The summed E-state index contributed by atoms with van der Waals surface area (Å²) in [5.74, 6) is -1.42. The molecule has 0 unspecified atom stereocenters. The number of alkyl halides is 3. The fraction of sp³-hybridized carbons (Fsp3) is 0.240. The number of hydrogen-bond acceptors (Lipinski definition) is 6. The molecule has 1 saturated heterocycles. The first-order valence-electron chi connectivity index (χ1n) is 11.6. The molecule has 1 aliphatic heterocycles. The lowest BCUT2D eigenvalue weighted by molar-refractivity contribution is -0.143. The minimum absolute atomic E-state index is 0.00137. The fourth-order valence-corrected chi connectivity index (χ4v) is 4.51. The molecule has 13 heteroatoms. The predicted molar refractivity (Wildman–Crippen MR) is 134 cm³/mol. The number of likely N-dealkylation sites (N-methyl/N-ethyl adjacent to an activating group) is 1. The first-order chi connectivity index (χ1) is 18.1. The predicted octanol–water partition coefficient (Wildman–Crippen LogP) is 4.13. The lowest BCUT2D eigenvalue weighted by atomic mass is 10.1. The number of nitrogens with one attached hydrogen (secondary N) is 1. The van der Waals surface area contributed by atoms with E-state index in [-0.39, 0.29) is 28.0 Å². The first kappa shape index (κ1) is 25.6. The summed E-state index contributed by atoms with van der Waals surface area (Å²) < 4.78 is 43.2. The van der Waals surface area contributed by atoms with Crippen LogP contribution < -0.4 is 5.32 Å². The van der Waals surface area contributed by atoms with Crippen molar-refractivity contribution in [1.29, 1.82) is 0 Å². The van der Waals surface area contributed by atoms with Crippen LogP contribution in [0.4, 0.5) is 18.9 Å². The van der Waals surface area contributed by atoms with E-state index in [4.69, 9.17) is 11.6 Å². The molecule has 196 valence electrons. The Balaban J connectivity index is 1.43. The smallest absolute Gasteiger partial charge is 0.335 e. The molecule has 0 saturated carbocycles. The molecule has 1 N–H and O–H groups in total. The number of pyridine rings is 2. The summed E-state index contributed by atoms with van der Waals surface area (Å²) in [6.07, 6.45) is -0.0986. The Labute approximate surface area is 219 Å². The standard InChI is InChI=1S/C25H21ClF3N7O2/c1-34-6-8-35(9-7-34)24(38)21-19(26)10-16(12-31-21)33-23(37)18-13-32-36(22(18)25(27,28)29)20-14-30-11-15-4-2-3-5-17(15)20/h2-5,10-14H,6-9H2,1H3,(H,33,37). The Morgan fingerprint density at radius 2 is 1.76 bits per heavy atom. The van der Waals surface area contributed by atoms with Crippen LogP contribution in [0.5, 0.6) is 0 Å². The number of piperazine rings is 1. The monoisotopic (exact) mass is 543 g/mol. The number of amides is 2. The van der Waals surface area contributed by atoms with Gasteiger partial charge in [0.25, 0.3) is 11.8 Å². The quantitative estimate of drug-likeness (QED) is 0.416. The summed E-state index contributed by atoms with van der Waals surface area (Å²) in [6.45, 7) is 2.45. The molecular formula is C25H21ClF3N7O2. The van der Waals surface area contributed by atoms with Crippen molar-refractivity contribution in [3.05, 3.63) is 77.1 Å². The first-order valence-corrected chi connectivity index (χ1v) is 11.9. The number of fused-ring (bicyclic) bond motifs is 1. The molecular weight excluding hydrogens is 523 g/mol. The van der Waals surface area contributed by atoms with Gasteiger partial charge in [0.05, 0.1) is 40.6 Å². The second-order valence-electron chi connectivity index (χ2n) is 8.80. The zero-order chi connectivity index (χ0) is 27.0. The summed E-state index contributed by atoms with van der Waals surface area (Å²) in [5, 5.41) is 7.33. The molecule has 3 aromatic heterocycles. The number of carbonyl (C=O) groups is 2. The number of benzene rings is 1. The van der Waals surface area contributed by atoms with Crippen LogP contribution >= 0.6 is 11.6 Å². The van der Waals surface area contributed by atoms with Gasteiger partial charge in [0.15, 0.2) is 5.69 Å². The average Bonchev–Trinajstić information content (AvgIpc) is 3.35. The third kappa shape index (κ3) is 4.92. The fourth-order valence-electron chi connectivity index (χ4n) is 4.26. The number of aromatic nitrogens is 4. The molecule has 2 amide bonds. The van der Waals surface area contributed by atoms with E-state index in [0.717, 1.165) is 6.20 Å². The van der Waals surface area contributed by atoms with Crippen LogP contribution in [0.3, 0.4) is 0 Å². The van der Waals surface area contributed by atoms with Crippen molar-refractivity contribution in [1.82, 2.24) is 29.5 Å². The molecule has 1 aliphatic rings. The van der Waals surface area contributed by atoms with E-state index in [1.54, 1.807) is 29.2 Å². The van der Waals surface area contributed by atoms with Gasteiger partial charge >= 0.3 is 6.18 Å². The highest BCUT2D eigenvalue weighted by molar-refractivity contribution is 6.33. The van der Waals surface area contributed by atoms with E-state index >= 15 is 0 Å². The maximum Gasteiger partial charge on any atom is 0.434 e. The van der Waals surface area contributed by atoms with Gasteiger partial charge in [-0.05, 0) is 13.1 Å². The van der Waals surface area contributed by atoms with Crippen LogP contribution in [0, 0.1) is 0 Å². The number of carbonyl (C=O) groups excluding carboxylic acids is 2. The molecule has 4 aromatic rings. The lowest BCUT2D eigenvalue weighted by Gasteiger charge is -2.32. The van der Waals surface area contributed by atoms with Gasteiger partial charge < -0.3 is 15.1 Å². The number of halogens is 4. The van der Waals surface area contributed by atoms with Crippen molar-refractivity contribution in [2.45, 2.75) is 6.18 Å². The van der Waals surface area contributed by atoms with Gasteiger partial charge in [-0.25, -0.2) is 9.67 Å². The number of anilines is 1. The van der Waals surface area contributed by atoms with Crippen LogP contribution in [0.1, 0.15) is 26.5 Å². The molecule has 0 aliphatic carbocycles. The molecule has 1 aromatic carbocycles. The minimum Gasteiger partial charge on any atom is -0.335 e. The highest BCUT2D eigenvalue weighted by atomic mass is 35.5. The van der Waals surface area contributed by atoms with E-state index in [0.29, 0.717) is 41.6 Å². The summed E-state index contributed by atoms with van der Waals surface area (Å²) in [6, 6.07) is 8.06. The van der Waals surface area contributed by atoms with Crippen LogP contribution in [-0.2, 0) is 6.18 Å². The van der Waals surface area contributed by atoms with Crippen LogP contribution in [0.2, 0.25) is 5.02 Å². The second kappa shape index (κ2) is 10.0. The van der Waals surface area contributed by atoms with Gasteiger partial charge in [-0.3, -0.25) is 14.6 Å². The molecule has 5 rings (SSSR count). The van der Waals surface area contributed by atoms with E-state index in [1.807, 2.05) is 7.05 Å². The molecule has 1 fully saturated rings. The van der Waals surface area contributed by atoms with Gasteiger partial charge in [-0.15, -0.1) is 0 Å².